The number of carbonyl (C=O) groups excluding carboxylic acids is 1. The third-order valence-electron chi connectivity index (χ3n) is 5.83. The molecule has 2 aromatic rings. The molecule has 0 bridgehead atoms. The topological polar surface area (TPSA) is 103 Å². The Hall–Kier alpha value is -2.05. The third-order valence-corrected chi connectivity index (χ3v) is 8.05. The van der Waals surface area contributed by atoms with Gasteiger partial charge in [0.05, 0.1) is 41.5 Å². The van der Waals surface area contributed by atoms with Crippen LogP contribution in [0.4, 0.5) is 5.69 Å². The van der Waals surface area contributed by atoms with Gasteiger partial charge in [-0.05, 0) is 37.2 Å². The zero-order chi connectivity index (χ0) is 23.4. The van der Waals surface area contributed by atoms with Crippen LogP contribution in [-0.4, -0.2) is 69.6 Å². The highest BCUT2D eigenvalue weighted by Gasteiger charge is 2.29. The summed E-state index contributed by atoms with van der Waals surface area (Å²) < 4.78 is 32.5. The number of hydrazine groups is 1. The summed E-state index contributed by atoms with van der Waals surface area (Å²) in [5, 5.41) is 3.03. The highest BCUT2D eigenvalue weighted by atomic mass is 35.5. The van der Waals surface area contributed by atoms with Crippen molar-refractivity contribution >= 4 is 33.2 Å². The number of rotatable bonds is 7. The summed E-state index contributed by atoms with van der Waals surface area (Å²) in [6.07, 6.45) is 0.756. The lowest BCUT2D eigenvalue weighted by Crippen LogP contribution is -2.45. The first-order chi connectivity index (χ1) is 15.8. The van der Waals surface area contributed by atoms with Gasteiger partial charge in [0, 0.05) is 19.1 Å². The minimum absolute atomic E-state index is 0.0375. The van der Waals surface area contributed by atoms with Crippen molar-refractivity contribution in [3.63, 3.8) is 0 Å². The summed E-state index contributed by atoms with van der Waals surface area (Å²) in [7, 11) is -1.84. The average molecular weight is 494 g/mol. The molecule has 2 unspecified atom stereocenters. The maximum Gasteiger partial charge on any atom is 0.243 e. The number of likely N-dealkylation sites (N-methyl/N-ethyl adjacent to an activating group) is 1. The monoisotopic (exact) mass is 493 g/mol. The molecule has 0 spiro atoms. The Kier molecular flexibility index (Phi) is 7.65. The highest BCUT2D eigenvalue weighted by Crippen LogP contribution is 2.28. The number of amides is 1. The molecule has 2 aromatic carbocycles. The van der Waals surface area contributed by atoms with Crippen molar-refractivity contribution in [1.82, 2.24) is 20.1 Å². The Bertz CT molecular complexity index is 1080. The van der Waals surface area contributed by atoms with Crippen LogP contribution in [0.1, 0.15) is 18.0 Å². The van der Waals surface area contributed by atoms with Gasteiger partial charge >= 0.3 is 0 Å². The van der Waals surface area contributed by atoms with E-state index in [1.165, 1.54) is 28.1 Å². The lowest BCUT2D eigenvalue weighted by molar-refractivity contribution is -0.117. The zero-order valence-electron chi connectivity index (χ0n) is 18.3. The standard InChI is InChI=1S/C22H28ClN5O4S/c1-27(21-14-19(25-26-21)16-5-3-2-4-6-16)15-22(29)24-20-13-17(7-8-18(20)23)33(30,31)28-9-11-32-12-10-28/h2-8,13,19,21,25-26H,9-12,14-15H2,1H3,(H,24,29). The number of hydrogen-bond acceptors (Lipinski definition) is 7. The van der Waals surface area contributed by atoms with Crippen LogP contribution in [-0.2, 0) is 19.6 Å². The van der Waals surface area contributed by atoms with Crippen LogP contribution < -0.4 is 16.2 Å². The number of nitrogens with zero attached hydrogens (tertiary/aromatic N) is 2. The summed E-state index contributed by atoms with van der Waals surface area (Å²) in [4.78, 5) is 14.7. The Morgan fingerprint density at radius 3 is 2.64 bits per heavy atom. The van der Waals surface area contributed by atoms with Crippen molar-refractivity contribution in [2.24, 2.45) is 0 Å². The second-order valence-corrected chi connectivity index (χ2v) is 10.5. The molecule has 2 atom stereocenters. The van der Waals surface area contributed by atoms with Crippen LogP contribution in [0.2, 0.25) is 5.02 Å². The van der Waals surface area contributed by atoms with Crippen LogP contribution in [0.3, 0.4) is 0 Å². The van der Waals surface area contributed by atoms with Gasteiger partial charge in [0.25, 0.3) is 0 Å². The van der Waals surface area contributed by atoms with Gasteiger partial charge in [0.1, 0.15) is 0 Å². The molecule has 0 aromatic heterocycles. The number of sulfonamides is 1. The molecule has 178 valence electrons. The maximum atomic E-state index is 12.9. The fourth-order valence-corrected chi connectivity index (χ4v) is 5.56. The lowest BCUT2D eigenvalue weighted by atomic mass is 10.0. The van der Waals surface area contributed by atoms with E-state index in [9.17, 15) is 13.2 Å². The molecule has 3 N–H and O–H groups in total. The molecule has 2 aliphatic heterocycles. The molecular weight excluding hydrogens is 466 g/mol. The summed E-state index contributed by atoms with van der Waals surface area (Å²) >= 11 is 6.25. The van der Waals surface area contributed by atoms with E-state index < -0.39 is 10.0 Å². The second kappa shape index (κ2) is 10.5. The highest BCUT2D eigenvalue weighted by molar-refractivity contribution is 7.89. The van der Waals surface area contributed by atoms with E-state index in [4.69, 9.17) is 16.3 Å². The lowest BCUT2D eigenvalue weighted by Gasteiger charge is -2.26. The van der Waals surface area contributed by atoms with E-state index in [1.54, 1.807) is 0 Å². The third kappa shape index (κ3) is 5.72. The summed E-state index contributed by atoms with van der Waals surface area (Å²) in [5.74, 6) is -0.287. The van der Waals surface area contributed by atoms with Crippen LogP contribution in [0.15, 0.2) is 53.4 Å². The quantitative estimate of drug-likeness (QED) is 0.540. The molecule has 2 aliphatic rings. The van der Waals surface area contributed by atoms with Gasteiger partial charge in [-0.15, -0.1) is 0 Å². The van der Waals surface area contributed by atoms with Gasteiger partial charge in [-0.25, -0.2) is 19.3 Å². The first kappa shape index (κ1) is 24.1. The fourth-order valence-electron chi connectivity index (χ4n) is 3.96. The molecule has 11 heteroatoms. The number of nitrogens with one attached hydrogen (secondary N) is 3. The van der Waals surface area contributed by atoms with Gasteiger partial charge in [-0.2, -0.15) is 4.31 Å². The van der Waals surface area contributed by atoms with E-state index in [0.717, 1.165) is 6.42 Å². The Labute approximate surface area is 199 Å². The van der Waals surface area contributed by atoms with Gasteiger partial charge in [-0.1, -0.05) is 41.9 Å². The number of carbonyl (C=O) groups is 1. The predicted molar refractivity (Wildman–Crippen MR) is 126 cm³/mol. The molecule has 0 saturated carbocycles. The minimum atomic E-state index is -3.69. The first-order valence-corrected chi connectivity index (χ1v) is 12.6. The second-order valence-electron chi connectivity index (χ2n) is 8.12. The summed E-state index contributed by atoms with van der Waals surface area (Å²) in [5.41, 5.74) is 7.94. The van der Waals surface area contributed by atoms with Crippen molar-refractivity contribution in [2.75, 3.05) is 45.2 Å². The number of halogens is 1. The van der Waals surface area contributed by atoms with Crippen molar-refractivity contribution in [2.45, 2.75) is 23.5 Å². The molecule has 2 heterocycles. The number of hydrogen-bond donors (Lipinski definition) is 3. The Morgan fingerprint density at radius 1 is 1.18 bits per heavy atom. The fraction of sp³-hybridized carbons (Fsp3) is 0.409. The number of ether oxygens (including phenoxy) is 1. The predicted octanol–water partition coefficient (Wildman–Crippen LogP) is 1.80. The molecule has 33 heavy (non-hydrogen) atoms. The molecule has 2 fully saturated rings. The van der Waals surface area contributed by atoms with Crippen molar-refractivity contribution in [1.29, 1.82) is 0 Å². The van der Waals surface area contributed by atoms with Crippen LogP contribution in [0.25, 0.3) is 0 Å². The van der Waals surface area contributed by atoms with Crippen LogP contribution in [0.5, 0.6) is 0 Å². The largest absolute Gasteiger partial charge is 0.379 e. The SMILES string of the molecule is CN(CC(=O)Nc1cc(S(=O)(=O)N2CCOCC2)ccc1Cl)C1CC(c2ccccc2)NN1. The zero-order valence-corrected chi connectivity index (χ0v) is 19.9. The number of anilines is 1. The molecule has 1 amide bonds. The van der Waals surface area contributed by atoms with E-state index in [-0.39, 0.29) is 40.3 Å². The van der Waals surface area contributed by atoms with Gasteiger partial charge < -0.3 is 10.1 Å². The van der Waals surface area contributed by atoms with E-state index in [1.807, 2.05) is 30.1 Å². The molecular formula is C22H28ClN5O4S. The maximum absolute atomic E-state index is 12.9. The van der Waals surface area contributed by atoms with Gasteiger partial charge in [-0.3, -0.25) is 9.69 Å². The van der Waals surface area contributed by atoms with Crippen molar-refractivity contribution in [3.05, 3.63) is 59.1 Å². The van der Waals surface area contributed by atoms with Crippen molar-refractivity contribution in [3.8, 4) is 0 Å². The molecule has 0 aliphatic carbocycles. The van der Waals surface area contributed by atoms with Crippen LogP contribution in [0, 0.1) is 0 Å². The van der Waals surface area contributed by atoms with E-state index in [0.29, 0.717) is 26.3 Å². The average Bonchev–Trinajstić information content (AvgIpc) is 3.32. The summed E-state index contributed by atoms with van der Waals surface area (Å²) in [6.45, 7) is 1.42. The van der Waals surface area contributed by atoms with Crippen molar-refractivity contribution < 1.29 is 17.9 Å². The Morgan fingerprint density at radius 2 is 1.91 bits per heavy atom. The minimum Gasteiger partial charge on any atom is -0.379 e. The smallest absolute Gasteiger partial charge is 0.243 e. The molecule has 2 saturated heterocycles. The van der Waals surface area contributed by atoms with E-state index >= 15 is 0 Å². The van der Waals surface area contributed by atoms with Crippen LogP contribution >= 0.6 is 11.6 Å². The number of benzene rings is 2. The number of morpholine rings is 1. The van der Waals surface area contributed by atoms with Gasteiger partial charge in [0.15, 0.2) is 0 Å². The van der Waals surface area contributed by atoms with Gasteiger partial charge in [0.2, 0.25) is 15.9 Å². The molecule has 0 radical (unpaired) electrons. The molecule has 9 nitrogen and oxygen atoms in total. The summed E-state index contributed by atoms with van der Waals surface area (Å²) in [6, 6.07) is 14.6. The Balaban J connectivity index is 1.38. The first-order valence-electron chi connectivity index (χ1n) is 10.8. The van der Waals surface area contributed by atoms with E-state index in [2.05, 4.69) is 28.3 Å². The normalized spacial score (nSPS) is 21.9. The molecule has 4 rings (SSSR count).